The molecule has 5 rings (SSSR count). The van der Waals surface area contributed by atoms with Gasteiger partial charge in [0.1, 0.15) is 0 Å². The third-order valence-corrected chi connectivity index (χ3v) is 5.91. The van der Waals surface area contributed by atoms with E-state index in [0.29, 0.717) is 30.4 Å². The van der Waals surface area contributed by atoms with Gasteiger partial charge < -0.3 is 14.2 Å². The van der Waals surface area contributed by atoms with Crippen molar-refractivity contribution in [2.45, 2.75) is 0 Å². The Morgan fingerprint density at radius 3 is 2.17 bits per heavy atom. The second kappa shape index (κ2) is 8.08. The van der Waals surface area contributed by atoms with E-state index in [9.17, 15) is 4.79 Å². The number of nitrogens with zero attached hydrogens (tertiary/aromatic N) is 5. The van der Waals surface area contributed by atoms with Crippen LogP contribution in [0.5, 0.6) is 0 Å². The van der Waals surface area contributed by atoms with E-state index in [4.69, 9.17) is 4.42 Å². The first-order valence-corrected chi connectivity index (χ1v) is 10.6. The molecule has 1 fully saturated rings. The first-order chi connectivity index (χ1) is 14.8. The standard InChI is InChI=1S/C22H19N5O2S/c28-21(26-11-13-27(14-12-26)22-23-10-15-30-22)18-8-6-17(7-9-18)20-25-24-19(29-20)16-4-2-1-3-5-16/h1-10,15H,11-14H2. The van der Waals surface area contributed by atoms with Crippen molar-refractivity contribution < 1.29 is 9.21 Å². The lowest BCUT2D eigenvalue weighted by molar-refractivity contribution is 0.0747. The summed E-state index contributed by atoms with van der Waals surface area (Å²) in [5.74, 6) is 0.949. The highest BCUT2D eigenvalue weighted by molar-refractivity contribution is 7.13. The van der Waals surface area contributed by atoms with Crippen molar-refractivity contribution in [2.75, 3.05) is 31.1 Å². The Hall–Kier alpha value is -3.52. The molecule has 0 aliphatic carbocycles. The Kier molecular flexibility index (Phi) is 4.98. The predicted octanol–water partition coefficient (Wildman–Crippen LogP) is 3.82. The summed E-state index contributed by atoms with van der Waals surface area (Å²) in [7, 11) is 0. The molecule has 0 radical (unpaired) electrons. The topological polar surface area (TPSA) is 75.4 Å². The van der Waals surface area contributed by atoms with E-state index in [-0.39, 0.29) is 5.91 Å². The van der Waals surface area contributed by atoms with Gasteiger partial charge >= 0.3 is 0 Å². The molecule has 1 saturated heterocycles. The molecule has 0 spiro atoms. The lowest BCUT2D eigenvalue weighted by Gasteiger charge is -2.34. The number of rotatable bonds is 4. The zero-order valence-corrected chi connectivity index (χ0v) is 17.0. The molecule has 0 N–H and O–H groups in total. The van der Waals surface area contributed by atoms with Crippen LogP contribution >= 0.6 is 11.3 Å². The average Bonchev–Trinajstić information content (AvgIpc) is 3.52. The second-order valence-electron chi connectivity index (χ2n) is 6.95. The van der Waals surface area contributed by atoms with Crippen LogP contribution in [-0.2, 0) is 0 Å². The lowest BCUT2D eigenvalue weighted by atomic mass is 10.1. The number of aromatic nitrogens is 3. The van der Waals surface area contributed by atoms with Crippen molar-refractivity contribution >= 4 is 22.4 Å². The largest absolute Gasteiger partial charge is 0.416 e. The second-order valence-corrected chi connectivity index (χ2v) is 7.82. The Morgan fingerprint density at radius 2 is 1.53 bits per heavy atom. The molecule has 1 amide bonds. The monoisotopic (exact) mass is 417 g/mol. The van der Waals surface area contributed by atoms with Crippen LogP contribution in [-0.4, -0.2) is 52.2 Å². The van der Waals surface area contributed by atoms with Crippen molar-refractivity contribution in [2.24, 2.45) is 0 Å². The smallest absolute Gasteiger partial charge is 0.253 e. The number of hydrogen-bond donors (Lipinski definition) is 0. The zero-order valence-electron chi connectivity index (χ0n) is 16.1. The highest BCUT2D eigenvalue weighted by Gasteiger charge is 2.23. The molecule has 0 saturated carbocycles. The molecule has 1 aliphatic heterocycles. The summed E-state index contributed by atoms with van der Waals surface area (Å²) in [4.78, 5) is 21.3. The van der Waals surface area contributed by atoms with Gasteiger partial charge in [0, 0.05) is 54.4 Å². The Bertz CT molecular complexity index is 1120. The van der Waals surface area contributed by atoms with Crippen LogP contribution in [0.3, 0.4) is 0 Å². The summed E-state index contributed by atoms with van der Waals surface area (Å²) in [6.07, 6.45) is 1.81. The van der Waals surface area contributed by atoms with Gasteiger partial charge in [0.2, 0.25) is 11.8 Å². The average molecular weight is 417 g/mol. The van der Waals surface area contributed by atoms with Crippen molar-refractivity contribution in [3.05, 3.63) is 71.7 Å². The maximum absolute atomic E-state index is 12.9. The van der Waals surface area contributed by atoms with Gasteiger partial charge in [-0.25, -0.2) is 4.98 Å². The summed E-state index contributed by atoms with van der Waals surface area (Å²) in [5.41, 5.74) is 2.32. The highest BCUT2D eigenvalue weighted by atomic mass is 32.1. The van der Waals surface area contributed by atoms with Gasteiger partial charge in [0.05, 0.1) is 0 Å². The summed E-state index contributed by atoms with van der Waals surface area (Å²) in [5, 5.41) is 11.2. The van der Waals surface area contributed by atoms with Gasteiger partial charge in [0.25, 0.3) is 5.91 Å². The molecular weight excluding hydrogens is 398 g/mol. The normalized spacial score (nSPS) is 14.1. The summed E-state index contributed by atoms with van der Waals surface area (Å²) >= 11 is 1.63. The molecular formula is C22H19N5O2S. The van der Waals surface area contributed by atoms with Crippen molar-refractivity contribution in [3.63, 3.8) is 0 Å². The predicted molar refractivity (Wildman–Crippen MR) is 115 cm³/mol. The Labute approximate surface area is 177 Å². The lowest BCUT2D eigenvalue weighted by Crippen LogP contribution is -2.48. The molecule has 150 valence electrons. The van der Waals surface area contributed by atoms with Gasteiger partial charge in [-0.1, -0.05) is 18.2 Å². The SMILES string of the molecule is O=C(c1ccc(-c2nnc(-c3ccccc3)o2)cc1)N1CCN(c2nccs2)CC1. The van der Waals surface area contributed by atoms with E-state index < -0.39 is 0 Å². The third-order valence-electron chi connectivity index (χ3n) is 5.08. The van der Waals surface area contributed by atoms with Gasteiger partial charge in [-0.15, -0.1) is 21.5 Å². The van der Waals surface area contributed by atoms with E-state index >= 15 is 0 Å². The van der Waals surface area contributed by atoms with E-state index in [1.54, 1.807) is 11.3 Å². The molecule has 0 atom stereocenters. The third kappa shape index (κ3) is 3.69. The fourth-order valence-corrected chi connectivity index (χ4v) is 4.14. The number of anilines is 1. The minimum atomic E-state index is 0.0378. The molecule has 1 aliphatic rings. The Balaban J connectivity index is 1.25. The number of benzene rings is 2. The molecule has 2 aromatic heterocycles. The van der Waals surface area contributed by atoms with Crippen LogP contribution in [0.15, 0.2) is 70.6 Å². The first-order valence-electron chi connectivity index (χ1n) is 9.71. The fraction of sp³-hybridized carbons (Fsp3) is 0.182. The molecule has 7 nitrogen and oxygen atoms in total. The number of hydrogen-bond acceptors (Lipinski definition) is 7. The summed E-state index contributed by atoms with van der Waals surface area (Å²) in [6.45, 7) is 2.96. The molecule has 8 heteroatoms. The number of carbonyl (C=O) groups is 1. The molecule has 3 heterocycles. The number of thiazole rings is 1. The van der Waals surface area contributed by atoms with Crippen molar-refractivity contribution in [1.29, 1.82) is 0 Å². The van der Waals surface area contributed by atoms with Crippen LogP contribution in [0, 0.1) is 0 Å². The number of amides is 1. The van der Waals surface area contributed by atoms with Crippen molar-refractivity contribution in [3.8, 4) is 22.9 Å². The van der Waals surface area contributed by atoms with Crippen LogP contribution < -0.4 is 4.90 Å². The minimum absolute atomic E-state index is 0.0378. The van der Waals surface area contributed by atoms with Gasteiger partial charge in [-0.2, -0.15) is 0 Å². The molecule has 30 heavy (non-hydrogen) atoms. The van der Waals surface area contributed by atoms with Crippen LogP contribution in [0.1, 0.15) is 10.4 Å². The molecule has 0 bridgehead atoms. The first kappa shape index (κ1) is 18.5. The fourth-order valence-electron chi connectivity index (χ4n) is 3.45. The molecule has 2 aromatic carbocycles. The highest BCUT2D eigenvalue weighted by Crippen LogP contribution is 2.24. The van der Waals surface area contributed by atoms with E-state index in [2.05, 4.69) is 20.1 Å². The summed E-state index contributed by atoms with van der Waals surface area (Å²) in [6, 6.07) is 17.0. The van der Waals surface area contributed by atoms with Gasteiger partial charge in [-0.05, 0) is 36.4 Å². The van der Waals surface area contributed by atoms with Crippen molar-refractivity contribution in [1.82, 2.24) is 20.1 Å². The minimum Gasteiger partial charge on any atom is -0.416 e. The van der Waals surface area contributed by atoms with Crippen LogP contribution in [0.2, 0.25) is 0 Å². The molecule has 0 unspecified atom stereocenters. The van der Waals surface area contributed by atoms with E-state index in [0.717, 1.165) is 29.3 Å². The number of piperazine rings is 1. The van der Waals surface area contributed by atoms with Crippen LogP contribution in [0.4, 0.5) is 5.13 Å². The maximum atomic E-state index is 12.9. The van der Waals surface area contributed by atoms with Gasteiger partial charge in [-0.3, -0.25) is 4.79 Å². The van der Waals surface area contributed by atoms with Gasteiger partial charge in [0.15, 0.2) is 5.13 Å². The quantitative estimate of drug-likeness (QED) is 0.502. The van der Waals surface area contributed by atoms with E-state index in [1.807, 2.05) is 71.1 Å². The molecule has 4 aromatic rings. The van der Waals surface area contributed by atoms with E-state index in [1.165, 1.54) is 0 Å². The maximum Gasteiger partial charge on any atom is 0.253 e. The Morgan fingerprint density at radius 1 is 0.867 bits per heavy atom. The zero-order chi connectivity index (χ0) is 20.3. The summed E-state index contributed by atoms with van der Waals surface area (Å²) < 4.78 is 5.79. The number of carbonyl (C=O) groups excluding carboxylic acids is 1. The van der Waals surface area contributed by atoms with Crippen LogP contribution in [0.25, 0.3) is 22.9 Å².